The molecule has 0 aliphatic heterocycles. The third-order valence-corrected chi connectivity index (χ3v) is 5.01. The summed E-state index contributed by atoms with van der Waals surface area (Å²) in [5.74, 6) is -0.648. The smallest absolute Gasteiger partial charge is 0.331 e. The topological polar surface area (TPSA) is 55.8 Å². The Hall–Kier alpha value is -2.67. The number of ether oxygens (including phenoxy) is 2. The van der Waals surface area contributed by atoms with Crippen molar-refractivity contribution in [1.82, 2.24) is 4.90 Å². The first-order valence-electron chi connectivity index (χ1n) is 9.18. The fourth-order valence-corrected chi connectivity index (χ4v) is 3.18. The van der Waals surface area contributed by atoms with E-state index < -0.39 is 11.8 Å². The lowest BCUT2D eigenvalue weighted by Gasteiger charge is -2.22. The number of nitrogens with zero attached hydrogens (tertiary/aromatic N) is 1. The van der Waals surface area contributed by atoms with E-state index >= 15 is 0 Å². The van der Waals surface area contributed by atoms with Gasteiger partial charge in [-0.2, -0.15) is 0 Å². The van der Waals surface area contributed by atoms with Crippen LogP contribution in [0, 0.1) is 5.82 Å². The van der Waals surface area contributed by atoms with Gasteiger partial charge in [0.1, 0.15) is 11.6 Å². The highest BCUT2D eigenvalue weighted by Crippen LogP contribution is 2.29. The van der Waals surface area contributed by atoms with E-state index in [-0.39, 0.29) is 24.1 Å². The first kappa shape index (κ1) is 21.0. The first-order chi connectivity index (χ1) is 14.0. The Morgan fingerprint density at radius 1 is 1.21 bits per heavy atom. The van der Waals surface area contributed by atoms with Gasteiger partial charge in [-0.3, -0.25) is 4.79 Å². The number of methoxy groups -OCH3 is 1. The Morgan fingerprint density at radius 3 is 2.59 bits per heavy atom. The second kappa shape index (κ2) is 9.69. The maximum Gasteiger partial charge on any atom is 0.331 e. The number of carbonyl (C=O) groups is 2. The van der Waals surface area contributed by atoms with E-state index in [4.69, 9.17) is 9.47 Å². The maximum absolute atomic E-state index is 13.7. The van der Waals surface area contributed by atoms with Gasteiger partial charge in [-0.15, -0.1) is 0 Å². The van der Waals surface area contributed by atoms with Crippen LogP contribution in [0.15, 0.2) is 53.0 Å². The molecule has 1 saturated carbocycles. The molecule has 7 heteroatoms. The van der Waals surface area contributed by atoms with E-state index in [1.807, 2.05) is 24.3 Å². The summed E-state index contributed by atoms with van der Waals surface area (Å²) in [5, 5.41) is 0. The summed E-state index contributed by atoms with van der Waals surface area (Å²) in [6.45, 7) is 0.0981. The number of halogens is 2. The van der Waals surface area contributed by atoms with Gasteiger partial charge in [0.15, 0.2) is 6.61 Å². The first-order valence-corrected chi connectivity index (χ1v) is 9.98. The lowest BCUT2D eigenvalue weighted by molar-refractivity contribution is -0.148. The summed E-state index contributed by atoms with van der Waals surface area (Å²) in [6, 6.07) is 12.1. The average molecular weight is 462 g/mol. The van der Waals surface area contributed by atoms with E-state index in [0.29, 0.717) is 11.0 Å². The molecule has 1 amide bonds. The van der Waals surface area contributed by atoms with Crippen molar-refractivity contribution in [2.24, 2.45) is 0 Å². The van der Waals surface area contributed by atoms with E-state index in [9.17, 15) is 14.0 Å². The molecular formula is C22H21BrFNO4. The molecule has 0 saturated heterocycles. The molecule has 0 aromatic heterocycles. The molecule has 0 heterocycles. The lowest BCUT2D eigenvalue weighted by atomic mass is 10.2. The van der Waals surface area contributed by atoms with Crippen LogP contribution in [-0.2, 0) is 20.9 Å². The van der Waals surface area contributed by atoms with Crippen LogP contribution in [0.3, 0.4) is 0 Å². The molecule has 0 bridgehead atoms. The van der Waals surface area contributed by atoms with Gasteiger partial charge in [0, 0.05) is 28.7 Å². The van der Waals surface area contributed by atoms with Crippen LogP contribution in [0.5, 0.6) is 5.75 Å². The molecule has 0 spiro atoms. The fraction of sp³-hybridized carbons (Fsp3) is 0.273. The molecule has 0 N–H and O–H groups in total. The van der Waals surface area contributed by atoms with Crippen molar-refractivity contribution in [1.29, 1.82) is 0 Å². The highest BCUT2D eigenvalue weighted by Gasteiger charge is 2.32. The molecule has 0 radical (unpaired) electrons. The van der Waals surface area contributed by atoms with Gasteiger partial charge in [0.05, 0.1) is 7.11 Å². The molecule has 2 aromatic rings. The summed E-state index contributed by atoms with van der Waals surface area (Å²) in [5.41, 5.74) is 1.23. The van der Waals surface area contributed by atoms with Crippen LogP contribution in [-0.4, -0.2) is 36.5 Å². The fourth-order valence-electron chi connectivity index (χ4n) is 2.80. The Morgan fingerprint density at radius 2 is 1.93 bits per heavy atom. The predicted octanol–water partition coefficient (Wildman–Crippen LogP) is 4.34. The highest BCUT2D eigenvalue weighted by atomic mass is 79.9. The molecule has 1 fully saturated rings. The second-order valence-corrected chi connectivity index (χ2v) is 7.62. The maximum atomic E-state index is 13.7. The summed E-state index contributed by atoms with van der Waals surface area (Å²) < 4.78 is 24.6. The van der Waals surface area contributed by atoms with E-state index in [1.54, 1.807) is 24.1 Å². The number of hydrogen-bond donors (Lipinski definition) is 0. The van der Waals surface area contributed by atoms with Crippen molar-refractivity contribution in [2.75, 3.05) is 13.7 Å². The third-order valence-electron chi connectivity index (χ3n) is 4.51. The van der Waals surface area contributed by atoms with Crippen molar-refractivity contribution in [3.63, 3.8) is 0 Å². The minimum atomic E-state index is -0.696. The summed E-state index contributed by atoms with van der Waals surface area (Å²) in [7, 11) is 1.60. The molecule has 0 atom stereocenters. The molecule has 152 valence electrons. The van der Waals surface area contributed by atoms with Crippen LogP contribution in [0.4, 0.5) is 4.39 Å². The van der Waals surface area contributed by atoms with Gasteiger partial charge in [-0.1, -0.05) is 28.1 Å². The summed E-state index contributed by atoms with van der Waals surface area (Å²) >= 11 is 3.25. The Bertz CT molecular complexity index is 910. The number of amides is 1. The predicted molar refractivity (Wildman–Crippen MR) is 111 cm³/mol. The quantitative estimate of drug-likeness (QED) is 0.433. The largest absolute Gasteiger partial charge is 0.497 e. The Labute approximate surface area is 177 Å². The molecule has 2 aromatic carbocycles. The zero-order chi connectivity index (χ0) is 20.8. The summed E-state index contributed by atoms with van der Waals surface area (Å²) in [6.07, 6.45) is 4.32. The van der Waals surface area contributed by atoms with Crippen molar-refractivity contribution in [3.05, 3.63) is 70.0 Å². The number of benzene rings is 2. The van der Waals surface area contributed by atoms with Crippen molar-refractivity contribution >= 4 is 33.9 Å². The molecule has 3 rings (SSSR count). The standard InChI is InChI=1S/C22H21BrFNO4/c1-28-19-8-2-15(3-9-19)13-25(18-6-7-18)21(26)14-29-22(27)11-4-16-12-17(23)5-10-20(16)24/h2-5,8-12,18H,6-7,13-14H2,1H3/b11-4+. The van der Waals surface area contributed by atoms with Gasteiger partial charge in [-0.25, -0.2) is 9.18 Å². The summed E-state index contributed by atoms with van der Waals surface area (Å²) in [4.78, 5) is 26.2. The van der Waals surface area contributed by atoms with E-state index in [0.717, 1.165) is 30.2 Å². The normalized spacial score (nSPS) is 13.3. The number of rotatable bonds is 8. The van der Waals surface area contributed by atoms with Crippen molar-refractivity contribution in [2.45, 2.75) is 25.4 Å². The van der Waals surface area contributed by atoms with Gasteiger partial charge in [0.2, 0.25) is 0 Å². The van der Waals surface area contributed by atoms with Gasteiger partial charge in [0.25, 0.3) is 5.91 Å². The average Bonchev–Trinajstić information content (AvgIpc) is 3.56. The Kier molecular flexibility index (Phi) is 7.04. The monoisotopic (exact) mass is 461 g/mol. The Balaban J connectivity index is 1.55. The number of esters is 1. The highest BCUT2D eigenvalue weighted by molar-refractivity contribution is 9.10. The molecule has 1 aliphatic carbocycles. The molecule has 5 nitrogen and oxygen atoms in total. The zero-order valence-corrected chi connectivity index (χ0v) is 17.5. The van der Waals surface area contributed by atoms with Crippen LogP contribution >= 0.6 is 15.9 Å². The molecule has 29 heavy (non-hydrogen) atoms. The zero-order valence-electron chi connectivity index (χ0n) is 15.9. The van der Waals surface area contributed by atoms with Crippen LogP contribution in [0.1, 0.15) is 24.0 Å². The molecule has 1 aliphatic rings. The van der Waals surface area contributed by atoms with Crippen molar-refractivity contribution < 1.29 is 23.5 Å². The lowest BCUT2D eigenvalue weighted by Crippen LogP contribution is -2.35. The van der Waals surface area contributed by atoms with Crippen LogP contribution < -0.4 is 4.74 Å². The third kappa shape index (κ3) is 6.15. The van der Waals surface area contributed by atoms with Crippen LogP contribution in [0.25, 0.3) is 6.08 Å². The van der Waals surface area contributed by atoms with E-state index in [1.165, 1.54) is 12.1 Å². The molecular weight excluding hydrogens is 441 g/mol. The second-order valence-electron chi connectivity index (χ2n) is 6.71. The van der Waals surface area contributed by atoms with Gasteiger partial charge in [-0.05, 0) is 54.8 Å². The molecule has 0 unspecified atom stereocenters. The van der Waals surface area contributed by atoms with E-state index in [2.05, 4.69) is 15.9 Å². The number of carbonyl (C=O) groups excluding carboxylic acids is 2. The number of hydrogen-bond acceptors (Lipinski definition) is 4. The van der Waals surface area contributed by atoms with Gasteiger partial charge < -0.3 is 14.4 Å². The van der Waals surface area contributed by atoms with Crippen molar-refractivity contribution in [3.8, 4) is 5.75 Å². The minimum absolute atomic E-state index is 0.176. The minimum Gasteiger partial charge on any atom is -0.497 e. The SMILES string of the molecule is COc1ccc(CN(C(=O)COC(=O)/C=C/c2cc(Br)ccc2F)C2CC2)cc1. The van der Waals surface area contributed by atoms with Gasteiger partial charge >= 0.3 is 5.97 Å². The van der Waals surface area contributed by atoms with Crippen LogP contribution in [0.2, 0.25) is 0 Å².